The van der Waals surface area contributed by atoms with E-state index in [1.807, 2.05) is 35.7 Å². The number of nitrogens with one attached hydrogen (secondary N) is 1. The van der Waals surface area contributed by atoms with Gasteiger partial charge in [-0.15, -0.1) is 11.3 Å². The van der Waals surface area contributed by atoms with E-state index in [0.29, 0.717) is 30.8 Å². The van der Waals surface area contributed by atoms with Gasteiger partial charge < -0.3 is 16.0 Å². The fraction of sp³-hybridized carbons (Fsp3) is 0.316. The van der Waals surface area contributed by atoms with E-state index in [1.54, 1.807) is 17.0 Å². The molecule has 26 heavy (non-hydrogen) atoms. The smallest absolute Gasteiger partial charge is 0.262 e. The second-order valence-corrected chi connectivity index (χ2v) is 7.24. The largest absolute Gasteiger partial charge is 0.369 e. The zero-order chi connectivity index (χ0) is 18.5. The first-order valence-corrected chi connectivity index (χ1v) is 9.41. The summed E-state index contributed by atoms with van der Waals surface area (Å²) in [5, 5.41) is 4.68. The molecule has 1 fully saturated rings. The van der Waals surface area contributed by atoms with Gasteiger partial charge >= 0.3 is 0 Å². The molecule has 0 radical (unpaired) electrons. The summed E-state index contributed by atoms with van der Waals surface area (Å²) in [6, 6.07) is 12.0. The molecule has 6 nitrogen and oxygen atoms in total. The van der Waals surface area contributed by atoms with Gasteiger partial charge in [-0.2, -0.15) is 0 Å². The molecule has 1 saturated heterocycles. The van der Waals surface area contributed by atoms with E-state index in [0.717, 1.165) is 5.56 Å². The number of benzene rings is 1. The van der Waals surface area contributed by atoms with E-state index >= 15 is 0 Å². The lowest BCUT2D eigenvalue weighted by Gasteiger charge is -2.33. The molecule has 3 N–H and O–H groups in total. The average Bonchev–Trinajstić information content (AvgIpc) is 3.21. The highest BCUT2D eigenvalue weighted by atomic mass is 32.1. The van der Waals surface area contributed by atoms with Crippen molar-refractivity contribution in [3.05, 3.63) is 58.3 Å². The van der Waals surface area contributed by atoms with Crippen molar-refractivity contribution >= 4 is 29.1 Å². The van der Waals surface area contributed by atoms with Gasteiger partial charge in [0, 0.05) is 19.0 Å². The van der Waals surface area contributed by atoms with Gasteiger partial charge in [0.15, 0.2) is 0 Å². The minimum absolute atomic E-state index is 0.163. The van der Waals surface area contributed by atoms with Gasteiger partial charge in [-0.3, -0.25) is 14.4 Å². The van der Waals surface area contributed by atoms with E-state index in [1.165, 1.54) is 11.3 Å². The van der Waals surface area contributed by atoms with E-state index in [9.17, 15) is 14.4 Å². The van der Waals surface area contributed by atoms with Crippen molar-refractivity contribution in [3.8, 4) is 0 Å². The van der Waals surface area contributed by atoms with Crippen molar-refractivity contribution in [2.24, 2.45) is 11.7 Å². The van der Waals surface area contributed by atoms with Crippen molar-refractivity contribution < 1.29 is 14.4 Å². The minimum Gasteiger partial charge on any atom is -0.369 e. The van der Waals surface area contributed by atoms with Gasteiger partial charge in [-0.1, -0.05) is 36.4 Å². The van der Waals surface area contributed by atoms with Crippen LogP contribution in [0.5, 0.6) is 0 Å². The molecule has 2 heterocycles. The first-order chi connectivity index (χ1) is 12.6. The van der Waals surface area contributed by atoms with Gasteiger partial charge in [0.25, 0.3) is 5.91 Å². The summed E-state index contributed by atoms with van der Waals surface area (Å²) in [6.07, 6.45) is 1.11. The van der Waals surface area contributed by atoms with Gasteiger partial charge in [-0.05, 0) is 29.9 Å². The van der Waals surface area contributed by atoms with Crippen molar-refractivity contribution in [2.75, 3.05) is 13.1 Å². The summed E-state index contributed by atoms with van der Waals surface area (Å²) in [7, 11) is 0. The number of hydrogen-bond donors (Lipinski definition) is 2. The van der Waals surface area contributed by atoms with Crippen LogP contribution in [0, 0.1) is 5.92 Å². The maximum atomic E-state index is 13.1. The van der Waals surface area contributed by atoms with Crippen LogP contribution in [0.4, 0.5) is 0 Å². The fourth-order valence-corrected chi connectivity index (χ4v) is 3.74. The van der Waals surface area contributed by atoms with Gasteiger partial charge in [0.05, 0.1) is 4.88 Å². The van der Waals surface area contributed by atoms with Crippen molar-refractivity contribution in [1.29, 1.82) is 0 Å². The van der Waals surface area contributed by atoms with Gasteiger partial charge in [-0.25, -0.2) is 0 Å². The molecule has 0 aliphatic carbocycles. The number of hydrogen-bond acceptors (Lipinski definition) is 4. The maximum Gasteiger partial charge on any atom is 0.262 e. The minimum atomic E-state index is -0.754. The Morgan fingerprint density at radius 2 is 1.77 bits per heavy atom. The summed E-state index contributed by atoms with van der Waals surface area (Å²) in [6.45, 7) is 0.926. The number of carbonyl (C=O) groups is 3. The van der Waals surface area contributed by atoms with Crippen LogP contribution in [0.3, 0.4) is 0 Å². The highest BCUT2D eigenvalue weighted by molar-refractivity contribution is 7.12. The Hall–Kier alpha value is -2.67. The van der Waals surface area contributed by atoms with Crippen LogP contribution in [-0.2, 0) is 9.59 Å². The molecule has 1 aliphatic rings. The number of nitrogens with two attached hydrogens (primary N) is 1. The number of amides is 3. The SMILES string of the molecule is NC(=O)C1CCN(C(=O)[C@@H](NC(=O)c2cccs2)c2ccccc2)CC1. The van der Waals surface area contributed by atoms with Gasteiger partial charge in [0.2, 0.25) is 11.8 Å². The standard InChI is InChI=1S/C19H21N3O3S/c20-17(23)14-8-10-22(11-9-14)19(25)16(13-5-2-1-3-6-13)21-18(24)15-7-4-12-26-15/h1-7,12,14,16H,8-11H2,(H2,20,23)(H,21,24)/t16-/m0/s1. The Kier molecular flexibility index (Phi) is 5.68. The molecule has 3 amide bonds. The maximum absolute atomic E-state index is 13.1. The zero-order valence-corrected chi connectivity index (χ0v) is 15.1. The lowest BCUT2D eigenvalue weighted by atomic mass is 9.95. The Labute approximate surface area is 156 Å². The molecule has 7 heteroatoms. The number of nitrogens with zero attached hydrogens (tertiary/aromatic N) is 1. The van der Waals surface area contributed by atoms with Crippen LogP contribution in [0.25, 0.3) is 0 Å². The number of thiophene rings is 1. The predicted octanol–water partition coefficient (Wildman–Crippen LogP) is 1.94. The predicted molar refractivity (Wildman–Crippen MR) is 99.5 cm³/mol. The summed E-state index contributed by atoms with van der Waals surface area (Å²) in [5.74, 6) is -0.934. The number of primary amides is 1. The van der Waals surface area contributed by atoms with Crippen LogP contribution in [0.2, 0.25) is 0 Å². The second-order valence-electron chi connectivity index (χ2n) is 6.30. The number of piperidine rings is 1. The lowest BCUT2D eigenvalue weighted by molar-refractivity contribution is -0.136. The molecule has 136 valence electrons. The number of carbonyl (C=O) groups excluding carboxylic acids is 3. The highest BCUT2D eigenvalue weighted by Crippen LogP contribution is 2.22. The summed E-state index contributed by atoms with van der Waals surface area (Å²) >= 11 is 1.33. The molecule has 0 bridgehead atoms. The third kappa shape index (κ3) is 4.11. The van der Waals surface area contributed by atoms with E-state index in [2.05, 4.69) is 5.32 Å². The number of rotatable bonds is 5. The van der Waals surface area contributed by atoms with E-state index in [-0.39, 0.29) is 23.6 Å². The highest BCUT2D eigenvalue weighted by Gasteiger charge is 2.32. The first-order valence-electron chi connectivity index (χ1n) is 8.53. The Bertz CT molecular complexity index is 769. The molecule has 1 atom stereocenters. The molecule has 2 aromatic rings. The summed E-state index contributed by atoms with van der Waals surface area (Å²) < 4.78 is 0. The first kappa shape index (κ1) is 18.1. The van der Waals surface area contributed by atoms with Crippen LogP contribution < -0.4 is 11.1 Å². The lowest BCUT2D eigenvalue weighted by Crippen LogP contribution is -2.47. The molecule has 1 aliphatic heterocycles. The van der Waals surface area contributed by atoms with Crippen LogP contribution in [-0.4, -0.2) is 35.7 Å². The van der Waals surface area contributed by atoms with Crippen LogP contribution >= 0.6 is 11.3 Å². The summed E-state index contributed by atoms with van der Waals surface area (Å²) in [5.41, 5.74) is 6.10. The Morgan fingerprint density at radius 3 is 2.35 bits per heavy atom. The van der Waals surface area contributed by atoms with Gasteiger partial charge in [0.1, 0.15) is 6.04 Å². The van der Waals surface area contributed by atoms with E-state index in [4.69, 9.17) is 5.73 Å². The van der Waals surface area contributed by atoms with Crippen molar-refractivity contribution in [3.63, 3.8) is 0 Å². The third-order valence-electron chi connectivity index (χ3n) is 4.61. The molecular formula is C19H21N3O3S. The topological polar surface area (TPSA) is 92.5 Å². The molecule has 1 aromatic carbocycles. The Morgan fingerprint density at radius 1 is 1.08 bits per heavy atom. The zero-order valence-electron chi connectivity index (χ0n) is 14.3. The van der Waals surface area contributed by atoms with Crippen molar-refractivity contribution in [2.45, 2.75) is 18.9 Å². The molecule has 3 rings (SSSR count). The number of likely N-dealkylation sites (tertiary alicyclic amines) is 1. The quantitative estimate of drug-likeness (QED) is 0.841. The summed E-state index contributed by atoms with van der Waals surface area (Å²) in [4.78, 5) is 39.2. The Balaban J connectivity index is 1.76. The molecule has 0 saturated carbocycles. The monoisotopic (exact) mass is 371 g/mol. The normalized spacial score (nSPS) is 16.1. The second kappa shape index (κ2) is 8.14. The molecule has 1 aromatic heterocycles. The molecular weight excluding hydrogens is 350 g/mol. The molecule has 0 spiro atoms. The average molecular weight is 371 g/mol. The van der Waals surface area contributed by atoms with E-state index < -0.39 is 6.04 Å². The third-order valence-corrected chi connectivity index (χ3v) is 5.48. The van der Waals surface area contributed by atoms with Crippen LogP contribution in [0.1, 0.15) is 34.1 Å². The fourth-order valence-electron chi connectivity index (χ4n) is 3.11. The van der Waals surface area contributed by atoms with Crippen LogP contribution in [0.15, 0.2) is 47.8 Å². The van der Waals surface area contributed by atoms with Crippen molar-refractivity contribution in [1.82, 2.24) is 10.2 Å². The molecule has 0 unspecified atom stereocenters.